The highest BCUT2D eigenvalue weighted by molar-refractivity contribution is 5.49. The van der Waals surface area contributed by atoms with Crippen molar-refractivity contribution in [3.8, 4) is 0 Å². The Bertz CT molecular complexity index is 303. The standard InChI is InChI=1S/C11H14FN/c12-11(7-3-4-8-11)9-5-1-2-6-10(9)13/h1-2,5-6H,3-4,7-8,13H2. The van der Waals surface area contributed by atoms with Gasteiger partial charge in [0, 0.05) is 11.3 Å². The summed E-state index contributed by atoms with van der Waals surface area (Å²) in [7, 11) is 0. The van der Waals surface area contributed by atoms with Gasteiger partial charge in [-0.2, -0.15) is 0 Å². The van der Waals surface area contributed by atoms with E-state index in [-0.39, 0.29) is 0 Å². The van der Waals surface area contributed by atoms with Crippen molar-refractivity contribution in [3.05, 3.63) is 29.8 Å². The van der Waals surface area contributed by atoms with Crippen molar-refractivity contribution in [2.24, 2.45) is 0 Å². The first kappa shape index (κ1) is 8.54. The first-order chi connectivity index (χ1) is 6.22. The third-order valence-corrected chi connectivity index (χ3v) is 2.84. The van der Waals surface area contributed by atoms with E-state index in [0.717, 1.165) is 12.8 Å². The van der Waals surface area contributed by atoms with E-state index in [9.17, 15) is 4.39 Å². The Balaban J connectivity index is 2.39. The Labute approximate surface area is 77.8 Å². The third-order valence-electron chi connectivity index (χ3n) is 2.84. The number of rotatable bonds is 1. The summed E-state index contributed by atoms with van der Waals surface area (Å²) < 4.78 is 14.2. The van der Waals surface area contributed by atoms with Crippen molar-refractivity contribution in [1.29, 1.82) is 0 Å². The second kappa shape index (κ2) is 3.02. The molecule has 2 heteroatoms. The fourth-order valence-electron chi connectivity index (χ4n) is 2.11. The van der Waals surface area contributed by atoms with Gasteiger partial charge in [-0.15, -0.1) is 0 Å². The van der Waals surface area contributed by atoms with Crippen LogP contribution in [0.2, 0.25) is 0 Å². The van der Waals surface area contributed by atoms with E-state index in [1.807, 2.05) is 12.1 Å². The minimum absolute atomic E-state index is 0.590. The lowest BCUT2D eigenvalue weighted by Crippen LogP contribution is -2.16. The van der Waals surface area contributed by atoms with Gasteiger partial charge in [-0.25, -0.2) is 4.39 Å². The maximum atomic E-state index is 14.2. The quantitative estimate of drug-likeness (QED) is 0.659. The molecule has 2 rings (SSSR count). The van der Waals surface area contributed by atoms with E-state index < -0.39 is 5.67 Å². The van der Waals surface area contributed by atoms with Crippen LogP contribution in [0.4, 0.5) is 10.1 Å². The van der Waals surface area contributed by atoms with E-state index in [2.05, 4.69) is 0 Å². The summed E-state index contributed by atoms with van der Waals surface area (Å²) in [6, 6.07) is 7.28. The molecule has 0 heterocycles. The number of alkyl halides is 1. The number of anilines is 1. The molecule has 1 aromatic rings. The summed E-state index contributed by atoms with van der Waals surface area (Å²) in [6.07, 6.45) is 3.21. The normalized spacial score (nSPS) is 20.4. The molecule has 1 fully saturated rings. The molecule has 1 aliphatic rings. The van der Waals surface area contributed by atoms with E-state index >= 15 is 0 Å². The lowest BCUT2D eigenvalue weighted by atomic mass is 9.93. The Hall–Kier alpha value is -1.05. The minimum Gasteiger partial charge on any atom is -0.398 e. The van der Waals surface area contributed by atoms with Crippen molar-refractivity contribution in [2.75, 3.05) is 5.73 Å². The number of nitrogens with two attached hydrogens (primary N) is 1. The predicted octanol–water partition coefficient (Wildman–Crippen LogP) is 3.01. The summed E-state index contributed by atoms with van der Waals surface area (Å²) in [4.78, 5) is 0. The largest absolute Gasteiger partial charge is 0.398 e. The van der Waals surface area contributed by atoms with Gasteiger partial charge >= 0.3 is 0 Å². The van der Waals surface area contributed by atoms with E-state index in [4.69, 9.17) is 5.73 Å². The monoisotopic (exact) mass is 179 g/mol. The Kier molecular flexibility index (Phi) is 1.98. The van der Waals surface area contributed by atoms with Gasteiger partial charge in [0.1, 0.15) is 5.67 Å². The number of benzene rings is 1. The van der Waals surface area contributed by atoms with Crippen LogP contribution in [0, 0.1) is 0 Å². The molecule has 0 atom stereocenters. The van der Waals surface area contributed by atoms with E-state index in [1.165, 1.54) is 0 Å². The Morgan fingerprint density at radius 2 is 1.77 bits per heavy atom. The molecule has 0 bridgehead atoms. The molecule has 1 saturated carbocycles. The van der Waals surface area contributed by atoms with Crippen LogP contribution in [0.5, 0.6) is 0 Å². The number of hydrogen-bond donors (Lipinski definition) is 1. The van der Waals surface area contributed by atoms with Gasteiger partial charge in [-0.3, -0.25) is 0 Å². The summed E-state index contributed by atoms with van der Waals surface area (Å²) in [5.41, 5.74) is 5.88. The Morgan fingerprint density at radius 3 is 2.38 bits per heavy atom. The molecule has 1 nitrogen and oxygen atoms in total. The smallest absolute Gasteiger partial charge is 0.138 e. The Morgan fingerprint density at radius 1 is 1.15 bits per heavy atom. The van der Waals surface area contributed by atoms with Crippen LogP contribution < -0.4 is 5.73 Å². The highest BCUT2D eigenvalue weighted by atomic mass is 19.1. The lowest BCUT2D eigenvalue weighted by Gasteiger charge is -2.20. The van der Waals surface area contributed by atoms with Gasteiger partial charge in [0.2, 0.25) is 0 Å². The number of halogens is 1. The van der Waals surface area contributed by atoms with Crippen LogP contribution in [0.3, 0.4) is 0 Å². The molecular formula is C11H14FN. The predicted molar refractivity (Wildman–Crippen MR) is 52.1 cm³/mol. The van der Waals surface area contributed by atoms with Crippen LogP contribution in [-0.4, -0.2) is 0 Å². The molecule has 0 aromatic heterocycles. The third kappa shape index (κ3) is 1.41. The zero-order valence-corrected chi connectivity index (χ0v) is 7.59. The fourth-order valence-corrected chi connectivity index (χ4v) is 2.11. The van der Waals surface area contributed by atoms with Crippen LogP contribution in [-0.2, 0) is 5.67 Å². The topological polar surface area (TPSA) is 26.0 Å². The fraction of sp³-hybridized carbons (Fsp3) is 0.455. The van der Waals surface area contributed by atoms with Gasteiger partial charge in [0.15, 0.2) is 0 Å². The molecule has 0 amide bonds. The zero-order valence-electron chi connectivity index (χ0n) is 7.59. The van der Waals surface area contributed by atoms with Gasteiger partial charge in [-0.1, -0.05) is 18.2 Å². The van der Waals surface area contributed by atoms with Gasteiger partial charge in [0.25, 0.3) is 0 Å². The maximum absolute atomic E-state index is 14.2. The number of nitrogen functional groups attached to an aromatic ring is 1. The maximum Gasteiger partial charge on any atom is 0.138 e. The summed E-state index contributed by atoms with van der Waals surface area (Å²) in [6.45, 7) is 0. The molecule has 0 unspecified atom stereocenters. The highest BCUT2D eigenvalue weighted by Gasteiger charge is 2.36. The number of hydrogen-bond acceptors (Lipinski definition) is 1. The first-order valence-corrected chi connectivity index (χ1v) is 4.76. The molecule has 0 spiro atoms. The first-order valence-electron chi connectivity index (χ1n) is 4.76. The SMILES string of the molecule is Nc1ccccc1C1(F)CCCC1. The van der Waals surface area contributed by atoms with Crippen LogP contribution >= 0.6 is 0 Å². The van der Waals surface area contributed by atoms with Gasteiger partial charge in [0.05, 0.1) is 0 Å². The van der Waals surface area contributed by atoms with Gasteiger partial charge in [-0.05, 0) is 31.7 Å². The van der Waals surface area contributed by atoms with E-state index in [1.54, 1.807) is 12.1 Å². The molecule has 1 aliphatic carbocycles. The highest BCUT2D eigenvalue weighted by Crippen LogP contribution is 2.44. The van der Waals surface area contributed by atoms with E-state index in [0.29, 0.717) is 24.1 Å². The van der Waals surface area contributed by atoms with Crippen molar-refractivity contribution in [2.45, 2.75) is 31.4 Å². The van der Waals surface area contributed by atoms with Crippen molar-refractivity contribution < 1.29 is 4.39 Å². The molecule has 13 heavy (non-hydrogen) atoms. The van der Waals surface area contributed by atoms with Crippen molar-refractivity contribution >= 4 is 5.69 Å². The second-order valence-corrected chi connectivity index (χ2v) is 3.76. The summed E-state index contributed by atoms with van der Waals surface area (Å²) in [5, 5.41) is 0. The summed E-state index contributed by atoms with van der Waals surface area (Å²) in [5.74, 6) is 0. The molecule has 0 radical (unpaired) electrons. The van der Waals surface area contributed by atoms with Crippen molar-refractivity contribution in [1.82, 2.24) is 0 Å². The van der Waals surface area contributed by atoms with Crippen LogP contribution in [0.15, 0.2) is 24.3 Å². The molecular weight excluding hydrogens is 165 g/mol. The molecule has 2 N–H and O–H groups in total. The lowest BCUT2D eigenvalue weighted by molar-refractivity contribution is 0.176. The van der Waals surface area contributed by atoms with Gasteiger partial charge < -0.3 is 5.73 Å². The average molecular weight is 179 g/mol. The van der Waals surface area contributed by atoms with Crippen LogP contribution in [0.1, 0.15) is 31.2 Å². The molecule has 0 aliphatic heterocycles. The zero-order chi connectivity index (χ0) is 9.31. The number of para-hydroxylation sites is 1. The average Bonchev–Trinajstić information content (AvgIpc) is 2.54. The van der Waals surface area contributed by atoms with Crippen molar-refractivity contribution in [3.63, 3.8) is 0 Å². The molecule has 1 aromatic carbocycles. The summed E-state index contributed by atoms with van der Waals surface area (Å²) >= 11 is 0. The van der Waals surface area contributed by atoms with Crippen LogP contribution in [0.25, 0.3) is 0 Å². The minimum atomic E-state index is -1.15. The second-order valence-electron chi connectivity index (χ2n) is 3.76. The molecule has 70 valence electrons. The molecule has 0 saturated heterocycles.